The summed E-state index contributed by atoms with van der Waals surface area (Å²) < 4.78 is 5.21. The van der Waals surface area contributed by atoms with Gasteiger partial charge in [-0.1, -0.05) is 24.3 Å². The molecule has 2 aromatic carbocycles. The third-order valence-electron chi connectivity index (χ3n) is 3.69. The molecule has 0 spiro atoms. The largest absolute Gasteiger partial charge is 0.480 e. The van der Waals surface area contributed by atoms with E-state index < -0.39 is 11.9 Å². The molecule has 0 aliphatic carbocycles. The highest BCUT2D eigenvalue weighted by molar-refractivity contribution is 6.13. The molecule has 0 unspecified atom stereocenters. The minimum absolute atomic E-state index is 0.0234. The maximum absolute atomic E-state index is 12.6. The highest BCUT2D eigenvalue weighted by Crippen LogP contribution is 2.30. The molecular formula is C18H13N3O3. The minimum atomic E-state index is -0.499. The van der Waals surface area contributed by atoms with Crippen molar-refractivity contribution in [2.45, 2.75) is 6.92 Å². The maximum Gasteiger partial charge on any atom is 0.299 e. The van der Waals surface area contributed by atoms with Crippen LogP contribution < -0.4 is 5.32 Å². The Kier molecular flexibility index (Phi) is 3.16. The first kappa shape index (κ1) is 14.2. The summed E-state index contributed by atoms with van der Waals surface area (Å²) in [5, 5.41) is 12.8. The van der Waals surface area contributed by atoms with E-state index in [0.29, 0.717) is 16.7 Å². The van der Waals surface area contributed by atoms with Gasteiger partial charge in [-0.05, 0) is 36.8 Å². The second kappa shape index (κ2) is 5.34. The molecule has 118 valence electrons. The van der Waals surface area contributed by atoms with Gasteiger partial charge in [0.15, 0.2) is 5.56 Å². The normalized spacial score (nSPS) is 11.0. The van der Waals surface area contributed by atoms with E-state index in [1.165, 1.54) is 0 Å². The Labute approximate surface area is 136 Å². The second-order valence-electron chi connectivity index (χ2n) is 5.47. The number of nitrogens with one attached hydrogen (secondary N) is 1. The molecule has 0 bridgehead atoms. The molecule has 0 saturated carbocycles. The molecule has 0 aliphatic heterocycles. The summed E-state index contributed by atoms with van der Waals surface area (Å²) in [5.74, 6) is -0.994. The van der Waals surface area contributed by atoms with Crippen LogP contribution in [0.4, 0.5) is 5.69 Å². The van der Waals surface area contributed by atoms with E-state index in [1.54, 1.807) is 18.2 Å². The van der Waals surface area contributed by atoms with Crippen LogP contribution in [0.15, 0.2) is 52.9 Å². The number of carbonyl (C=O) groups excluding carboxylic acids is 1. The molecule has 2 N–H and O–H groups in total. The Morgan fingerprint density at radius 2 is 1.83 bits per heavy atom. The van der Waals surface area contributed by atoms with Crippen LogP contribution in [-0.4, -0.2) is 21.0 Å². The van der Waals surface area contributed by atoms with Crippen molar-refractivity contribution in [3.05, 3.63) is 59.7 Å². The Morgan fingerprint density at radius 1 is 1.08 bits per heavy atom. The lowest BCUT2D eigenvalue weighted by molar-refractivity contribution is 0.102. The number of fused-ring (bicyclic) bond motifs is 2. The van der Waals surface area contributed by atoms with Crippen molar-refractivity contribution in [1.82, 2.24) is 9.97 Å². The maximum atomic E-state index is 12.6. The number of rotatable bonds is 2. The van der Waals surface area contributed by atoms with Gasteiger partial charge >= 0.3 is 0 Å². The van der Waals surface area contributed by atoms with E-state index in [-0.39, 0.29) is 16.8 Å². The molecule has 4 aromatic rings. The lowest BCUT2D eigenvalue weighted by Gasteiger charge is -2.05. The van der Waals surface area contributed by atoms with Crippen molar-refractivity contribution in [3.63, 3.8) is 0 Å². The van der Waals surface area contributed by atoms with Crippen molar-refractivity contribution in [2.75, 3.05) is 5.32 Å². The number of para-hydroxylation sites is 2. The molecule has 4 rings (SSSR count). The van der Waals surface area contributed by atoms with E-state index in [2.05, 4.69) is 15.3 Å². The van der Waals surface area contributed by atoms with Gasteiger partial charge in [0.05, 0.1) is 11.0 Å². The third-order valence-corrected chi connectivity index (χ3v) is 3.69. The standard InChI is InChI=1S/C18H13N3O3/c1-10-5-4-6-11(9-10)19-16(22)14-15-17(24-18(14)23)21-13-8-3-2-7-12(13)20-15/h2-9,23H,1H3,(H,19,22). The van der Waals surface area contributed by atoms with Gasteiger partial charge in [0.1, 0.15) is 5.52 Å². The van der Waals surface area contributed by atoms with Crippen LogP contribution in [0.2, 0.25) is 0 Å². The van der Waals surface area contributed by atoms with E-state index in [1.807, 2.05) is 37.3 Å². The summed E-state index contributed by atoms with van der Waals surface area (Å²) in [6.45, 7) is 1.93. The first-order valence-electron chi connectivity index (χ1n) is 7.38. The molecule has 0 radical (unpaired) electrons. The van der Waals surface area contributed by atoms with Gasteiger partial charge in [0, 0.05) is 5.69 Å². The lowest BCUT2D eigenvalue weighted by Crippen LogP contribution is -2.12. The minimum Gasteiger partial charge on any atom is -0.480 e. The summed E-state index contributed by atoms with van der Waals surface area (Å²) in [5.41, 5.74) is 3.23. The highest BCUT2D eigenvalue weighted by atomic mass is 16.5. The summed E-state index contributed by atoms with van der Waals surface area (Å²) in [6.07, 6.45) is 0. The van der Waals surface area contributed by atoms with Gasteiger partial charge in [0.2, 0.25) is 0 Å². The van der Waals surface area contributed by atoms with Crippen molar-refractivity contribution in [1.29, 1.82) is 0 Å². The number of hydrogen-bond donors (Lipinski definition) is 2. The topological polar surface area (TPSA) is 88.2 Å². The number of benzene rings is 2. The summed E-state index contributed by atoms with van der Waals surface area (Å²) >= 11 is 0. The second-order valence-corrected chi connectivity index (χ2v) is 5.47. The van der Waals surface area contributed by atoms with Crippen molar-refractivity contribution < 1.29 is 14.3 Å². The number of aromatic hydroxyl groups is 1. The van der Waals surface area contributed by atoms with E-state index in [0.717, 1.165) is 5.56 Å². The third kappa shape index (κ3) is 2.34. The molecule has 2 aromatic heterocycles. The van der Waals surface area contributed by atoms with Gasteiger partial charge in [-0.2, -0.15) is 0 Å². The van der Waals surface area contributed by atoms with Crippen LogP contribution in [-0.2, 0) is 0 Å². The smallest absolute Gasteiger partial charge is 0.299 e. The molecule has 6 heteroatoms. The first-order valence-corrected chi connectivity index (χ1v) is 7.38. The highest BCUT2D eigenvalue weighted by Gasteiger charge is 2.23. The molecule has 0 atom stereocenters. The summed E-state index contributed by atoms with van der Waals surface area (Å²) in [7, 11) is 0. The zero-order valence-corrected chi connectivity index (χ0v) is 12.8. The predicted octanol–water partition coefficient (Wildman–Crippen LogP) is 3.64. The first-order chi connectivity index (χ1) is 11.6. The number of carbonyl (C=O) groups is 1. The number of nitrogens with zero attached hydrogens (tertiary/aromatic N) is 2. The SMILES string of the molecule is Cc1cccc(NC(=O)c2c(O)oc3nc4ccccc4nc23)c1. The monoisotopic (exact) mass is 319 g/mol. The van der Waals surface area contributed by atoms with Crippen LogP contribution >= 0.6 is 0 Å². The van der Waals surface area contributed by atoms with E-state index in [4.69, 9.17) is 4.42 Å². The van der Waals surface area contributed by atoms with Crippen LogP contribution in [0.5, 0.6) is 5.95 Å². The quantitative estimate of drug-likeness (QED) is 0.589. The summed E-state index contributed by atoms with van der Waals surface area (Å²) in [6, 6.07) is 14.6. The number of anilines is 1. The van der Waals surface area contributed by atoms with Gasteiger partial charge < -0.3 is 14.8 Å². The molecule has 6 nitrogen and oxygen atoms in total. The predicted molar refractivity (Wildman–Crippen MR) is 90.1 cm³/mol. The average Bonchev–Trinajstić information content (AvgIpc) is 2.87. The molecule has 0 fully saturated rings. The van der Waals surface area contributed by atoms with Crippen molar-refractivity contribution in [2.24, 2.45) is 0 Å². The van der Waals surface area contributed by atoms with Crippen LogP contribution in [0, 0.1) is 6.92 Å². The average molecular weight is 319 g/mol. The Bertz CT molecular complexity index is 1090. The number of aromatic nitrogens is 2. The zero-order valence-electron chi connectivity index (χ0n) is 12.8. The summed E-state index contributed by atoms with van der Waals surface area (Å²) in [4.78, 5) is 21.3. The molecule has 2 heterocycles. The van der Waals surface area contributed by atoms with Gasteiger partial charge in [-0.3, -0.25) is 4.79 Å². The van der Waals surface area contributed by atoms with E-state index in [9.17, 15) is 9.90 Å². The fourth-order valence-electron chi connectivity index (χ4n) is 2.58. The van der Waals surface area contributed by atoms with Crippen LogP contribution in [0.3, 0.4) is 0 Å². The number of hydrogen-bond acceptors (Lipinski definition) is 5. The molecule has 24 heavy (non-hydrogen) atoms. The van der Waals surface area contributed by atoms with Crippen LogP contribution in [0.25, 0.3) is 22.3 Å². The molecule has 0 saturated heterocycles. The number of furan rings is 1. The van der Waals surface area contributed by atoms with Gasteiger partial charge in [0.25, 0.3) is 17.6 Å². The Balaban J connectivity index is 1.81. The van der Waals surface area contributed by atoms with E-state index >= 15 is 0 Å². The van der Waals surface area contributed by atoms with Crippen molar-refractivity contribution >= 4 is 33.9 Å². The Hall–Kier alpha value is -3.41. The zero-order chi connectivity index (χ0) is 16.7. The molecule has 0 aliphatic rings. The number of aryl methyl sites for hydroxylation is 1. The lowest BCUT2D eigenvalue weighted by atomic mass is 10.2. The van der Waals surface area contributed by atoms with Gasteiger partial charge in [-0.25, -0.2) is 9.97 Å². The molecule has 1 amide bonds. The fraction of sp³-hybridized carbons (Fsp3) is 0.0556. The van der Waals surface area contributed by atoms with Crippen LogP contribution in [0.1, 0.15) is 15.9 Å². The van der Waals surface area contributed by atoms with Crippen molar-refractivity contribution in [3.8, 4) is 5.95 Å². The number of amides is 1. The molecular weight excluding hydrogens is 306 g/mol. The fourth-order valence-corrected chi connectivity index (χ4v) is 2.58. The Morgan fingerprint density at radius 3 is 2.58 bits per heavy atom. The van der Waals surface area contributed by atoms with Gasteiger partial charge in [-0.15, -0.1) is 0 Å².